The van der Waals surface area contributed by atoms with Gasteiger partial charge in [0, 0.05) is 16.7 Å². The Bertz CT molecular complexity index is 649. The van der Waals surface area contributed by atoms with Crippen LogP contribution in [0.1, 0.15) is 37.6 Å². The maximum atomic E-state index is 13.7. The fraction of sp³-hybridized carbons (Fsp3) is 0.462. The smallest absolute Gasteiger partial charge is 0.261 e. The van der Waals surface area contributed by atoms with E-state index in [2.05, 4.69) is 5.32 Å². The normalized spacial score (nSPS) is 14.6. The van der Waals surface area contributed by atoms with E-state index in [1.165, 1.54) is 0 Å². The molecule has 0 saturated heterocycles. The molecule has 0 heterocycles. The van der Waals surface area contributed by atoms with Crippen LogP contribution in [0.2, 0.25) is 5.02 Å². The summed E-state index contributed by atoms with van der Waals surface area (Å²) in [5.41, 5.74) is -0.258. The molecule has 2 atom stereocenters. The lowest BCUT2D eigenvalue weighted by molar-refractivity contribution is 0.0927. The van der Waals surface area contributed by atoms with Crippen molar-refractivity contribution in [3.05, 3.63) is 28.5 Å². The number of amides is 1. The third-order valence-corrected chi connectivity index (χ3v) is 5.10. The number of rotatable bonds is 5. The molecule has 1 amide bonds. The molecule has 21 heavy (non-hydrogen) atoms. The van der Waals surface area contributed by atoms with Gasteiger partial charge in [-0.3, -0.25) is 4.79 Å². The Hall–Kier alpha value is -0.850. The van der Waals surface area contributed by atoms with Crippen molar-refractivity contribution in [3.63, 3.8) is 0 Å². The summed E-state index contributed by atoms with van der Waals surface area (Å²) in [7, 11) is 1.01. The molecule has 118 valence electrons. The molecule has 2 unspecified atom stereocenters. The molecule has 1 rings (SSSR count). The van der Waals surface area contributed by atoms with Crippen molar-refractivity contribution in [1.29, 1.82) is 0 Å². The minimum atomic E-state index is -4.15. The number of carbonyl (C=O) groups is 1. The molecule has 0 aromatic heterocycles. The highest BCUT2D eigenvalue weighted by Crippen LogP contribution is 2.26. The van der Waals surface area contributed by atoms with Gasteiger partial charge in [-0.2, -0.15) is 0 Å². The molecule has 0 fully saturated rings. The number of carbonyl (C=O) groups excluding carboxylic acids is 1. The highest BCUT2D eigenvalue weighted by molar-refractivity contribution is 8.13. The quantitative estimate of drug-likeness (QED) is 0.821. The second kappa shape index (κ2) is 6.94. The van der Waals surface area contributed by atoms with Crippen molar-refractivity contribution in [2.24, 2.45) is 5.92 Å². The number of hydrogen-bond acceptors (Lipinski definition) is 3. The van der Waals surface area contributed by atoms with E-state index in [1.807, 2.05) is 13.8 Å². The zero-order valence-corrected chi connectivity index (χ0v) is 14.1. The van der Waals surface area contributed by atoms with Gasteiger partial charge in [0.05, 0.1) is 15.5 Å². The number of nitrogens with one attached hydrogen (secondary N) is 1. The van der Waals surface area contributed by atoms with Crippen LogP contribution in [0.3, 0.4) is 0 Å². The molecule has 0 radical (unpaired) electrons. The molecule has 0 aliphatic rings. The van der Waals surface area contributed by atoms with Crippen molar-refractivity contribution >= 4 is 37.2 Å². The standard InChI is InChI=1S/C13H16Cl2FNO3S/c1-4-7(2)8(3)17-13(18)10-5-9(21(15,19)20)6-11(16)12(10)14/h5-8H,4H2,1-3H3,(H,17,18). The van der Waals surface area contributed by atoms with Gasteiger partial charge in [-0.25, -0.2) is 12.8 Å². The molecule has 4 nitrogen and oxygen atoms in total. The van der Waals surface area contributed by atoms with E-state index in [1.54, 1.807) is 6.92 Å². The SMILES string of the molecule is CCC(C)C(C)NC(=O)c1cc(S(=O)(=O)Cl)cc(F)c1Cl. The highest BCUT2D eigenvalue weighted by Gasteiger charge is 2.22. The monoisotopic (exact) mass is 355 g/mol. The summed E-state index contributed by atoms with van der Waals surface area (Å²) in [5.74, 6) is -1.45. The van der Waals surface area contributed by atoms with E-state index < -0.39 is 30.7 Å². The van der Waals surface area contributed by atoms with Crippen molar-refractivity contribution in [2.45, 2.75) is 38.1 Å². The third-order valence-electron chi connectivity index (χ3n) is 3.38. The van der Waals surface area contributed by atoms with E-state index in [9.17, 15) is 17.6 Å². The van der Waals surface area contributed by atoms with Gasteiger partial charge in [0.25, 0.3) is 15.0 Å². The first kappa shape index (κ1) is 18.2. The predicted molar refractivity (Wildman–Crippen MR) is 80.8 cm³/mol. The fourth-order valence-electron chi connectivity index (χ4n) is 1.65. The van der Waals surface area contributed by atoms with Crippen LogP contribution >= 0.6 is 22.3 Å². The summed E-state index contributed by atoms with van der Waals surface area (Å²) >= 11 is 5.73. The van der Waals surface area contributed by atoms with Crippen LogP contribution in [0.25, 0.3) is 0 Å². The molecule has 0 aliphatic carbocycles. The molecule has 8 heteroatoms. The first-order chi connectivity index (χ1) is 9.57. The fourth-order valence-corrected chi connectivity index (χ4v) is 2.62. The molecular formula is C13H16Cl2FNO3S. The van der Waals surface area contributed by atoms with Crippen LogP contribution < -0.4 is 5.32 Å². The average Bonchev–Trinajstić information content (AvgIpc) is 2.39. The summed E-state index contributed by atoms with van der Waals surface area (Å²) < 4.78 is 36.2. The van der Waals surface area contributed by atoms with Gasteiger partial charge in [-0.05, 0) is 25.0 Å². The Morgan fingerprint density at radius 3 is 2.43 bits per heavy atom. The third kappa shape index (κ3) is 4.56. The highest BCUT2D eigenvalue weighted by atomic mass is 35.7. The minimum Gasteiger partial charge on any atom is -0.349 e. The lowest BCUT2D eigenvalue weighted by Crippen LogP contribution is -2.37. The Kier molecular flexibility index (Phi) is 6.01. The summed E-state index contributed by atoms with van der Waals surface area (Å²) in [5, 5.41) is 2.23. The Balaban J connectivity index is 3.18. The summed E-state index contributed by atoms with van der Waals surface area (Å²) in [4.78, 5) is 11.6. The number of benzene rings is 1. The van der Waals surface area contributed by atoms with Crippen LogP contribution in [0.5, 0.6) is 0 Å². The maximum Gasteiger partial charge on any atom is 0.261 e. The van der Waals surface area contributed by atoms with Crippen LogP contribution in [0.15, 0.2) is 17.0 Å². The number of hydrogen-bond donors (Lipinski definition) is 1. The second-order valence-electron chi connectivity index (χ2n) is 4.85. The number of halogens is 3. The van der Waals surface area contributed by atoms with E-state index >= 15 is 0 Å². The first-order valence-electron chi connectivity index (χ1n) is 6.32. The maximum absolute atomic E-state index is 13.7. The van der Waals surface area contributed by atoms with E-state index in [-0.39, 0.29) is 17.5 Å². The average molecular weight is 356 g/mol. The van der Waals surface area contributed by atoms with Crippen LogP contribution in [-0.2, 0) is 9.05 Å². The van der Waals surface area contributed by atoms with Crippen molar-refractivity contribution in [2.75, 3.05) is 0 Å². The largest absolute Gasteiger partial charge is 0.349 e. The second-order valence-corrected chi connectivity index (χ2v) is 7.80. The van der Waals surface area contributed by atoms with Crippen LogP contribution in [0.4, 0.5) is 4.39 Å². The molecule has 1 aromatic carbocycles. The van der Waals surface area contributed by atoms with Gasteiger partial charge >= 0.3 is 0 Å². The van der Waals surface area contributed by atoms with Crippen molar-refractivity contribution in [1.82, 2.24) is 5.32 Å². The van der Waals surface area contributed by atoms with E-state index in [4.69, 9.17) is 22.3 Å². The van der Waals surface area contributed by atoms with Gasteiger partial charge in [-0.1, -0.05) is 31.9 Å². The summed E-state index contributed by atoms with van der Waals surface area (Å²) in [6.45, 7) is 5.73. The molecule has 0 saturated carbocycles. The van der Waals surface area contributed by atoms with Gasteiger partial charge in [0.15, 0.2) is 0 Å². The summed E-state index contributed by atoms with van der Waals surface area (Å²) in [6.07, 6.45) is 0.847. The first-order valence-corrected chi connectivity index (χ1v) is 9.01. The lowest BCUT2D eigenvalue weighted by atomic mass is 10.0. The Labute approximate surface area is 133 Å². The van der Waals surface area contributed by atoms with E-state index in [0.29, 0.717) is 6.07 Å². The lowest BCUT2D eigenvalue weighted by Gasteiger charge is -2.20. The minimum absolute atomic E-state index is 0.169. The van der Waals surface area contributed by atoms with Gasteiger partial charge < -0.3 is 5.32 Å². The van der Waals surface area contributed by atoms with E-state index in [0.717, 1.165) is 12.5 Å². The Morgan fingerprint density at radius 1 is 1.38 bits per heavy atom. The molecule has 0 spiro atoms. The van der Waals surface area contributed by atoms with Crippen molar-refractivity contribution in [3.8, 4) is 0 Å². The van der Waals surface area contributed by atoms with Gasteiger partial charge in [-0.15, -0.1) is 0 Å². The van der Waals surface area contributed by atoms with Crippen LogP contribution in [-0.4, -0.2) is 20.4 Å². The zero-order valence-electron chi connectivity index (χ0n) is 11.8. The molecule has 0 bridgehead atoms. The molecule has 1 N–H and O–H groups in total. The van der Waals surface area contributed by atoms with Crippen LogP contribution in [0, 0.1) is 11.7 Å². The predicted octanol–water partition coefficient (Wildman–Crippen LogP) is 3.57. The van der Waals surface area contributed by atoms with Gasteiger partial charge in [0.1, 0.15) is 5.82 Å². The molecule has 1 aromatic rings. The topological polar surface area (TPSA) is 63.2 Å². The van der Waals surface area contributed by atoms with Crippen molar-refractivity contribution < 1.29 is 17.6 Å². The van der Waals surface area contributed by atoms with Gasteiger partial charge in [0.2, 0.25) is 0 Å². The molecular weight excluding hydrogens is 340 g/mol. The zero-order chi connectivity index (χ0) is 16.4. The Morgan fingerprint density at radius 2 is 1.95 bits per heavy atom. The molecule has 0 aliphatic heterocycles. The summed E-state index contributed by atoms with van der Waals surface area (Å²) in [6, 6.07) is 1.48.